The molecule has 122 valence electrons. The quantitative estimate of drug-likeness (QED) is 0.890. The fourth-order valence-corrected chi connectivity index (χ4v) is 3.85. The van der Waals surface area contributed by atoms with Gasteiger partial charge < -0.3 is 15.5 Å². The van der Waals surface area contributed by atoms with Crippen molar-refractivity contribution in [1.82, 2.24) is 10.3 Å². The number of aromatic nitrogens is 1. The van der Waals surface area contributed by atoms with Gasteiger partial charge in [-0.2, -0.15) is 0 Å². The van der Waals surface area contributed by atoms with Gasteiger partial charge in [0.05, 0.1) is 6.54 Å². The van der Waals surface area contributed by atoms with E-state index >= 15 is 0 Å². The Balaban J connectivity index is 1.52. The number of nitrogens with zero attached hydrogens (tertiary/aromatic N) is 2. The van der Waals surface area contributed by atoms with Crippen molar-refractivity contribution in [1.29, 1.82) is 0 Å². The summed E-state index contributed by atoms with van der Waals surface area (Å²) in [5.41, 5.74) is 4.93. The lowest BCUT2D eigenvalue weighted by Gasteiger charge is -2.27. The lowest BCUT2D eigenvalue weighted by molar-refractivity contribution is -0.118. The van der Waals surface area contributed by atoms with Crippen molar-refractivity contribution in [3.63, 3.8) is 0 Å². The number of nitrogens with one attached hydrogen (secondary N) is 2. The van der Waals surface area contributed by atoms with Crippen molar-refractivity contribution in [2.24, 2.45) is 0 Å². The summed E-state index contributed by atoms with van der Waals surface area (Å²) in [5, 5.41) is 6.55. The van der Waals surface area contributed by atoms with Crippen molar-refractivity contribution in [2.75, 3.05) is 36.4 Å². The number of hydrogen-bond donors (Lipinski definition) is 2. The van der Waals surface area contributed by atoms with Gasteiger partial charge in [-0.3, -0.25) is 4.79 Å². The number of piperazine rings is 1. The van der Waals surface area contributed by atoms with Crippen LogP contribution in [0.15, 0.2) is 36.5 Å². The highest BCUT2D eigenvalue weighted by atomic mass is 16.2. The first-order chi connectivity index (χ1) is 11.8. The summed E-state index contributed by atoms with van der Waals surface area (Å²) in [7, 11) is 0. The van der Waals surface area contributed by atoms with Crippen molar-refractivity contribution in [2.45, 2.75) is 18.3 Å². The van der Waals surface area contributed by atoms with Crippen molar-refractivity contribution in [3.05, 3.63) is 42.1 Å². The van der Waals surface area contributed by atoms with Crippen LogP contribution in [-0.4, -0.2) is 37.1 Å². The molecule has 0 bridgehead atoms. The van der Waals surface area contributed by atoms with Gasteiger partial charge in [0.1, 0.15) is 5.82 Å². The minimum atomic E-state index is 0.131. The standard InChI is InChI=1S/C19H20N4O/c24-17-11-20-6-7-23(17)15-3-1-2-13(8-15)14-9-16-18(21-10-14)22-12-19(16)4-5-19/h1-3,8-10,20H,4-7,11-12H2,(H,21,22). The molecule has 24 heavy (non-hydrogen) atoms. The second-order valence-electron chi connectivity index (χ2n) is 7.03. The maximum atomic E-state index is 12.1. The monoisotopic (exact) mass is 320 g/mol. The van der Waals surface area contributed by atoms with Crippen LogP contribution >= 0.6 is 0 Å². The van der Waals surface area contributed by atoms with Gasteiger partial charge in [-0.1, -0.05) is 12.1 Å². The predicted octanol–water partition coefficient (Wildman–Crippen LogP) is 2.14. The number of amides is 1. The summed E-state index contributed by atoms with van der Waals surface area (Å²) in [6, 6.07) is 10.5. The largest absolute Gasteiger partial charge is 0.369 e. The first-order valence-electron chi connectivity index (χ1n) is 8.61. The van der Waals surface area contributed by atoms with E-state index in [2.05, 4.69) is 33.8 Å². The Morgan fingerprint density at radius 1 is 1.17 bits per heavy atom. The van der Waals surface area contributed by atoms with Crippen LogP contribution in [-0.2, 0) is 10.2 Å². The number of fused-ring (bicyclic) bond motifs is 2. The summed E-state index contributed by atoms with van der Waals surface area (Å²) < 4.78 is 0. The number of anilines is 2. The summed E-state index contributed by atoms with van der Waals surface area (Å²) in [6.07, 6.45) is 4.45. The lowest BCUT2D eigenvalue weighted by Crippen LogP contribution is -2.48. The molecule has 0 unspecified atom stereocenters. The smallest absolute Gasteiger partial charge is 0.240 e. The van der Waals surface area contributed by atoms with E-state index < -0.39 is 0 Å². The van der Waals surface area contributed by atoms with Crippen LogP contribution in [0, 0.1) is 0 Å². The van der Waals surface area contributed by atoms with Crippen LogP contribution in [0.5, 0.6) is 0 Å². The van der Waals surface area contributed by atoms with Crippen LogP contribution in [0.25, 0.3) is 11.1 Å². The molecule has 2 N–H and O–H groups in total. The van der Waals surface area contributed by atoms with E-state index in [-0.39, 0.29) is 5.91 Å². The summed E-state index contributed by atoms with van der Waals surface area (Å²) in [5.74, 6) is 1.18. The molecule has 1 aromatic heterocycles. The van der Waals surface area contributed by atoms with Gasteiger partial charge >= 0.3 is 0 Å². The van der Waals surface area contributed by atoms with Crippen LogP contribution < -0.4 is 15.5 Å². The molecule has 1 amide bonds. The Hall–Kier alpha value is -2.40. The molecule has 5 heteroatoms. The fourth-order valence-electron chi connectivity index (χ4n) is 3.85. The molecule has 1 saturated heterocycles. The average Bonchev–Trinajstić information content (AvgIpc) is 3.32. The number of carbonyl (C=O) groups excluding carboxylic acids is 1. The molecule has 0 atom stereocenters. The molecular weight excluding hydrogens is 300 g/mol. The minimum absolute atomic E-state index is 0.131. The Kier molecular flexibility index (Phi) is 2.94. The van der Waals surface area contributed by atoms with E-state index in [1.54, 1.807) is 0 Å². The van der Waals surface area contributed by atoms with Crippen molar-refractivity contribution < 1.29 is 4.79 Å². The molecule has 2 fully saturated rings. The van der Waals surface area contributed by atoms with E-state index in [1.165, 1.54) is 18.4 Å². The maximum absolute atomic E-state index is 12.1. The first kappa shape index (κ1) is 14.0. The third-order valence-corrected chi connectivity index (χ3v) is 5.49. The van der Waals surface area contributed by atoms with Crippen LogP contribution in [0.1, 0.15) is 18.4 Å². The molecule has 3 aliphatic rings. The molecule has 1 aromatic carbocycles. The van der Waals surface area contributed by atoms with Crippen molar-refractivity contribution >= 4 is 17.4 Å². The van der Waals surface area contributed by atoms with E-state index in [9.17, 15) is 4.79 Å². The fraction of sp³-hybridized carbons (Fsp3) is 0.368. The Morgan fingerprint density at radius 2 is 2.08 bits per heavy atom. The lowest BCUT2D eigenvalue weighted by atomic mass is 9.96. The SMILES string of the molecule is O=C1CNCCN1c1cccc(-c2cnc3c(c2)C2(CC2)CN3)c1. The Bertz CT molecular complexity index is 828. The van der Waals surface area contributed by atoms with Gasteiger partial charge in [-0.15, -0.1) is 0 Å². The molecule has 2 aromatic rings. The summed E-state index contributed by atoms with van der Waals surface area (Å²) >= 11 is 0. The van der Waals surface area contributed by atoms with E-state index in [4.69, 9.17) is 0 Å². The number of pyridine rings is 1. The van der Waals surface area contributed by atoms with Crippen LogP contribution in [0.3, 0.4) is 0 Å². The second kappa shape index (κ2) is 5.05. The van der Waals surface area contributed by atoms with E-state index in [0.29, 0.717) is 12.0 Å². The van der Waals surface area contributed by atoms with Crippen LogP contribution in [0.4, 0.5) is 11.5 Å². The van der Waals surface area contributed by atoms with Gasteiger partial charge in [-0.05, 0) is 36.6 Å². The molecule has 0 radical (unpaired) electrons. The normalized spacial score (nSPS) is 20.8. The number of hydrogen-bond acceptors (Lipinski definition) is 4. The third-order valence-electron chi connectivity index (χ3n) is 5.49. The Morgan fingerprint density at radius 3 is 2.92 bits per heavy atom. The zero-order valence-electron chi connectivity index (χ0n) is 13.5. The van der Waals surface area contributed by atoms with E-state index in [1.807, 2.05) is 23.2 Å². The third kappa shape index (κ3) is 2.12. The predicted molar refractivity (Wildman–Crippen MR) is 94.3 cm³/mol. The zero-order valence-corrected chi connectivity index (χ0v) is 13.5. The number of rotatable bonds is 2. The van der Waals surface area contributed by atoms with Gasteiger partial charge in [-0.25, -0.2) is 4.98 Å². The first-order valence-corrected chi connectivity index (χ1v) is 8.61. The summed E-state index contributed by atoms with van der Waals surface area (Å²) in [4.78, 5) is 18.6. The molecule has 5 rings (SSSR count). The highest BCUT2D eigenvalue weighted by Crippen LogP contribution is 2.54. The highest BCUT2D eigenvalue weighted by molar-refractivity contribution is 5.96. The molecule has 1 spiro atoms. The maximum Gasteiger partial charge on any atom is 0.240 e. The number of benzene rings is 1. The van der Waals surface area contributed by atoms with Gasteiger partial charge in [0, 0.05) is 48.1 Å². The molecule has 1 saturated carbocycles. The summed E-state index contributed by atoms with van der Waals surface area (Å²) in [6.45, 7) is 3.00. The molecule has 5 nitrogen and oxygen atoms in total. The second-order valence-corrected chi connectivity index (χ2v) is 7.03. The highest BCUT2D eigenvalue weighted by Gasteiger charge is 2.49. The zero-order chi connectivity index (χ0) is 16.1. The molecular formula is C19H20N4O. The van der Waals surface area contributed by atoms with Gasteiger partial charge in [0.15, 0.2) is 0 Å². The van der Waals surface area contributed by atoms with Gasteiger partial charge in [0.25, 0.3) is 0 Å². The molecule has 1 aliphatic carbocycles. The van der Waals surface area contributed by atoms with E-state index in [0.717, 1.165) is 42.3 Å². The molecule has 2 aliphatic heterocycles. The van der Waals surface area contributed by atoms with Gasteiger partial charge in [0.2, 0.25) is 5.91 Å². The average molecular weight is 320 g/mol. The topological polar surface area (TPSA) is 57.3 Å². The minimum Gasteiger partial charge on any atom is -0.369 e. The number of carbonyl (C=O) groups is 1. The van der Waals surface area contributed by atoms with Crippen LogP contribution in [0.2, 0.25) is 0 Å². The molecule has 3 heterocycles. The Labute approximate surface area is 141 Å². The van der Waals surface area contributed by atoms with Crippen molar-refractivity contribution in [3.8, 4) is 11.1 Å².